The third-order valence-electron chi connectivity index (χ3n) is 1.08. The number of amides is 1. The highest BCUT2D eigenvalue weighted by Crippen LogP contribution is 2.11. The van der Waals surface area contributed by atoms with Crippen molar-refractivity contribution in [1.29, 1.82) is 0 Å². The summed E-state index contributed by atoms with van der Waals surface area (Å²) < 4.78 is 4.64. The molecule has 0 aliphatic carbocycles. The fourth-order valence-electron chi connectivity index (χ4n) is 0.664. The lowest BCUT2D eigenvalue weighted by Gasteiger charge is -1.99. The Morgan fingerprint density at radius 1 is 1.82 bits per heavy atom. The van der Waals surface area contributed by atoms with Crippen LogP contribution in [0.2, 0.25) is 0 Å². The van der Waals surface area contributed by atoms with Crippen LogP contribution in [0.1, 0.15) is 0 Å². The van der Waals surface area contributed by atoms with Crippen LogP contribution in [0.25, 0.3) is 0 Å². The monoisotopic (exact) mass is 171 g/mol. The predicted molar refractivity (Wildman–Crippen MR) is 44.8 cm³/mol. The molecule has 0 radical (unpaired) electrons. The molecule has 0 saturated heterocycles. The molecule has 0 fully saturated rings. The van der Waals surface area contributed by atoms with Crippen molar-refractivity contribution in [2.75, 3.05) is 19.0 Å². The van der Waals surface area contributed by atoms with E-state index in [1.807, 2.05) is 16.8 Å². The van der Waals surface area contributed by atoms with Crippen LogP contribution in [0.15, 0.2) is 16.8 Å². The van der Waals surface area contributed by atoms with Gasteiger partial charge >= 0.3 is 0 Å². The fourth-order valence-corrected chi connectivity index (χ4v) is 1.25. The Kier molecular flexibility index (Phi) is 3.07. The quantitative estimate of drug-likeness (QED) is 0.745. The van der Waals surface area contributed by atoms with E-state index in [-0.39, 0.29) is 12.5 Å². The summed E-state index contributed by atoms with van der Waals surface area (Å²) in [6.07, 6.45) is 0. The number of thiophene rings is 1. The van der Waals surface area contributed by atoms with Crippen molar-refractivity contribution in [3.05, 3.63) is 16.8 Å². The zero-order valence-corrected chi connectivity index (χ0v) is 6.98. The van der Waals surface area contributed by atoms with Crippen molar-refractivity contribution < 1.29 is 9.53 Å². The highest BCUT2D eigenvalue weighted by atomic mass is 32.1. The number of hydrogen-bond acceptors (Lipinski definition) is 3. The van der Waals surface area contributed by atoms with E-state index in [1.54, 1.807) is 11.3 Å². The van der Waals surface area contributed by atoms with E-state index in [2.05, 4.69) is 10.1 Å². The Hall–Kier alpha value is -0.870. The Morgan fingerprint density at radius 2 is 2.64 bits per heavy atom. The second-order valence-corrected chi connectivity index (χ2v) is 2.77. The number of hydrogen-bond donors (Lipinski definition) is 1. The van der Waals surface area contributed by atoms with Gasteiger partial charge < -0.3 is 10.1 Å². The van der Waals surface area contributed by atoms with Crippen molar-refractivity contribution in [1.82, 2.24) is 0 Å². The molecular formula is C7H9NO2S. The van der Waals surface area contributed by atoms with Gasteiger partial charge in [0.2, 0.25) is 5.91 Å². The van der Waals surface area contributed by atoms with Gasteiger partial charge in [0.1, 0.15) is 6.61 Å². The highest BCUT2D eigenvalue weighted by Gasteiger charge is 1.99. The van der Waals surface area contributed by atoms with Gasteiger partial charge in [-0.2, -0.15) is 11.3 Å². The van der Waals surface area contributed by atoms with Crippen molar-refractivity contribution in [3.8, 4) is 0 Å². The lowest BCUT2D eigenvalue weighted by molar-refractivity contribution is -0.119. The zero-order chi connectivity index (χ0) is 8.10. The molecule has 0 spiro atoms. The Morgan fingerprint density at radius 3 is 3.18 bits per heavy atom. The minimum atomic E-state index is -0.120. The lowest BCUT2D eigenvalue weighted by atomic mass is 10.5. The van der Waals surface area contributed by atoms with E-state index in [0.29, 0.717) is 0 Å². The van der Waals surface area contributed by atoms with E-state index in [1.165, 1.54) is 7.11 Å². The molecule has 0 aliphatic rings. The molecular weight excluding hydrogens is 162 g/mol. The SMILES string of the molecule is COCC(=O)Nc1ccsc1. The summed E-state index contributed by atoms with van der Waals surface area (Å²) in [4.78, 5) is 10.9. The molecule has 1 aromatic heterocycles. The first kappa shape index (κ1) is 8.23. The average Bonchev–Trinajstić information content (AvgIpc) is 2.40. The van der Waals surface area contributed by atoms with Crippen LogP contribution >= 0.6 is 11.3 Å². The van der Waals surface area contributed by atoms with Crippen LogP contribution in [0, 0.1) is 0 Å². The largest absolute Gasteiger partial charge is 0.375 e. The Labute approximate surface area is 69.0 Å². The predicted octanol–water partition coefficient (Wildman–Crippen LogP) is 1.33. The van der Waals surface area contributed by atoms with Crippen LogP contribution in [0.3, 0.4) is 0 Å². The molecule has 4 heteroatoms. The molecule has 1 aromatic rings. The maximum absolute atomic E-state index is 10.9. The Balaban J connectivity index is 2.37. The zero-order valence-electron chi connectivity index (χ0n) is 6.16. The molecule has 0 aromatic carbocycles. The number of methoxy groups -OCH3 is 1. The van der Waals surface area contributed by atoms with Crippen LogP contribution in [-0.2, 0) is 9.53 Å². The Bertz CT molecular complexity index is 220. The maximum Gasteiger partial charge on any atom is 0.250 e. The third kappa shape index (κ3) is 2.69. The van der Waals surface area contributed by atoms with Gasteiger partial charge in [-0.3, -0.25) is 4.79 Å². The maximum atomic E-state index is 10.9. The van der Waals surface area contributed by atoms with Crippen LogP contribution < -0.4 is 5.32 Å². The molecule has 11 heavy (non-hydrogen) atoms. The number of nitrogens with one attached hydrogen (secondary N) is 1. The molecule has 60 valence electrons. The molecule has 3 nitrogen and oxygen atoms in total. The van der Waals surface area contributed by atoms with E-state index in [4.69, 9.17) is 0 Å². The van der Waals surface area contributed by atoms with Crippen molar-refractivity contribution in [2.24, 2.45) is 0 Å². The first-order valence-corrected chi connectivity index (χ1v) is 4.08. The molecule has 0 atom stereocenters. The summed E-state index contributed by atoms with van der Waals surface area (Å²) in [5, 5.41) is 6.44. The molecule has 1 rings (SSSR count). The second-order valence-electron chi connectivity index (χ2n) is 1.99. The summed E-state index contributed by atoms with van der Waals surface area (Å²) in [6, 6.07) is 1.85. The summed E-state index contributed by atoms with van der Waals surface area (Å²) in [5.74, 6) is -0.120. The molecule has 1 heterocycles. The number of carbonyl (C=O) groups is 1. The van der Waals surface area contributed by atoms with Crippen LogP contribution in [0.5, 0.6) is 0 Å². The van der Waals surface area contributed by atoms with Gasteiger partial charge in [-0.25, -0.2) is 0 Å². The molecule has 0 saturated carbocycles. The van der Waals surface area contributed by atoms with Gasteiger partial charge in [-0.1, -0.05) is 0 Å². The summed E-state index contributed by atoms with van der Waals surface area (Å²) >= 11 is 1.54. The van der Waals surface area contributed by atoms with Gasteiger partial charge in [0.15, 0.2) is 0 Å². The molecule has 1 amide bonds. The van der Waals surface area contributed by atoms with E-state index >= 15 is 0 Å². The molecule has 0 unspecified atom stereocenters. The van der Waals surface area contributed by atoms with E-state index < -0.39 is 0 Å². The number of ether oxygens (including phenoxy) is 1. The van der Waals surface area contributed by atoms with E-state index in [9.17, 15) is 4.79 Å². The third-order valence-corrected chi connectivity index (χ3v) is 1.76. The smallest absolute Gasteiger partial charge is 0.250 e. The normalized spacial score (nSPS) is 9.55. The highest BCUT2D eigenvalue weighted by molar-refractivity contribution is 7.08. The van der Waals surface area contributed by atoms with E-state index in [0.717, 1.165) is 5.69 Å². The molecule has 1 N–H and O–H groups in total. The van der Waals surface area contributed by atoms with Gasteiger partial charge in [0.05, 0.1) is 5.69 Å². The van der Waals surface area contributed by atoms with Crippen molar-refractivity contribution >= 4 is 22.9 Å². The van der Waals surface area contributed by atoms with Gasteiger partial charge in [0, 0.05) is 12.5 Å². The van der Waals surface area contributed by atoms with Gasteiger partial charge in [0.25, 0.3) is 0 Å². The van der Waals surface area contributed by atoms with Crippen LogP contribution in [0.4, 0.5) is 5.69 Å². The van der Waals surface area contributed by atoms with Crippen molar-refractivity contribution in [3.63, 3.8) is 0 Å². The van der Waals surface area contributed by atoms with Crippen molar-refractivity contribution in [2.45, 2.75) is 0 Å². The number of rotatable bonds is 3. The first-order chi connectivity index (χ1) is 5.33. The second kappa shape index (κ2) is 4.10. The van der Waals surface area contributed by atoms with Gasteiger partial charge in [-0.05, 0) is 11.4 Å². The minimum Gasteiger partial charge on any atom is -0.375 e. The first-order valence-electron chi connectivity index (χ1n) is 3.14. The standard InChI is InChI=1S/C7H9NO2S/c1-10-4-7(9)8-6-2-3-11-5-6/h2-3,5H,4H2,1H3,(H,8,9). The molecule has 0 aliphatic heterocycles. The number of anilines is 1. The minimum absolute atomic E-state index is 0.107. The lowest BCUT2D eigenvalue weighted by Crippen LogP contribution is -2.16. The number of carbonyl (C=O) groups excluding carboxylic acids is 1. The summed E-state index contributed by atoms with van der Waals surface area (Å²) in [7, 11) is 1.49. The molecule has 0 bridgehead atoms. The van der Waals surface area contributed by atoms with Gasteiger partial charge in [-0.15, -0.1) is 0 Å². The topological polar surface area (TPSA) is 38.3 Å². The fraction of sp³-hybridized carbons (Fsp3) is 0.286. The average molecular weight is 171 g/mol. The van der Waals surface area contributed by atoms with Crippen LogP contribution in [-0.4, -0.2) is 19.6 Å². The summed E-state index contributed by atoms with van der Waals surface area (Å²) in [5.41, 5.74) is 0.831. The summed E-state index contributed by atoms with van der Waals surface area (Å²) in [6.45, 7) is 0.107.